The normalized spacial score (nSPS) is 16.9. The summed E-state index contributed by atoms with van der Waals surface area (Å²) in [4.78, 5) is 33.4. The smallest absolute Gasteiger partial charge is 0.253 e. The van der Waals surface area contributed by atoms with Gasteiger partial charge in [0.2, 0.25) is 5.91 Å². The molecule has 4 heterocycles. The summed E-state index contributed by atoms with van der Waals surface area (Å²) in [6.45, 7) is 6.69. The Labute approximate surface area is 208 Å². The molecule has 1 saturated heterocycles. The highest BCUT2D eigenvalue weighted by molar-refractivity contribution is 6.05. The first-order valence-corrected chi connectivity index (χ1v) is 12.2. The number of aromatic nitrogens is 5. The van der Waals surface area contributed by atoms with E-state index in [0.29, 0.717) is 37.3 Å². The van der Waals surface area contributed by atoms with E-state index in [1.54, 1.807) is 15.6 Å². The quantitative estimate of drug-likeness (QED) is 0.476. The second-order valence-corrected chi connectivity index (χ2v) is 9.81. The van der Waals surface area contributed by atoms with Crippen LogP contribution in [0.2, 0.25) is 0 Å². The summed E-state index contributed by atoms with van der Waals surface area (Å²) < 4.78 is 3.75. The van der Waals surface area contributed by atoms with Crippen LogP contribution >= 0.6 is 0 Å². The Morgan fingerprint density at radius 3 is 2.61 bits per heavy atom. The molecule has 3 aromatic heterocycles. The summed E-state index contributed by atoms with van der Waals surface area (Å²) in [6.07, 6.45) is 4.65. The monoisotopic (exact) mass is 484 g/mol. The molecule has 0 radical (unpaired) electrons. The van der Waals surface area contributed by atoms with E-state index in [1.807, 2.05) is 46.0 Å². The molecule has 0 bridgehead atoms. The summed E-state index contributed by atoms with van der Waals surface area (Å²) in [5.74, 6) is 0.332. The molecule has 2 fully saturated rings. The van der Waals surface area contributed by atoms with Crippen LogP contribution in [0.4, 0.5) is 11.5 Å². The van der Waals surface area contributed by atoms with E-state index in [2.05, 4.69) is 29.0 Å². The van der Waals surface area contributed by atoms with Crippen molar-refractivity contribution in [1.82, 2.24) is 29.3 Å². The number of carbonyl (C=O) groups is 2. The van der Waals surface area contributed by atoms with Gasteiger partial charge in [-0.05, 0) is 51.0 Å². The van der Waals surface area contributed by atoms with Crippen LogP contribution in [0.1, 0.15) is 39.7 Å². The molecule has 10 nitrogen and oxygen atoms in total. The van der Waals surface area contributed by atoms with Gasteiger partial charge in [0.15, 0.2) is 5.82 Å². The molecule has 1 aliphatic heterocycles. The molecular formula is C26H28N8O2. The molecule has 2 amide bonds. The maximum Gasteiger partial charge on any atom is 0.253 e. The summed E-state index contributed by atoms with van der Waals surface area (Å²) in [6, 6.07) is 12.1. The van der Waals surface area contributed by atoms with Gasteiger partial charge in [-0.15, -0.1) is 0 Å². The van der Waals surface area contributed by atoms with Crippen LogP contribution in [0.5, 0.6) is 0 Å². The number of anilines is 2. The lowest BCUT2D eigenvalue weighted by Gasteiger charge is -2.41. The fraction of sp³-hybridized carbons (Fsp3) is 0.346. The second kappa shape index (κ2) is 7.91. The first-order chi connectivity index (χ1) is 17.3. The molecule has 0 atom stereocenters. The van der Waals surface area contributed by atoms with Crippen molar-refractivity contribution in [3.8, 4) is 22.5 Å². The molecule has 0 unspecified atom stereocenters. The molecule has 10 heteroatoms. The van der Waals surface area contributed by atoms with Gasteiger partial charge < -0.3 is 15.5 Å². The van der Waals surface area contributed by atoms with Crippen LogP contribution in [0.3, 0.4) is 0 Å². The van der Waals surface area contributed by atoms with E-state index < -0.39 is 5.54 Å². The number of fused-ring (bicyclic) bond motifs is 1. The van der Waals surface area contributed by atoms with Gasteiger partial charge in [-0.1, -0.05) is 12.1 Å². The van der Waals surface area contributed by atoms with E-state index >= 15 is 0 Å². The Morgan fingerprint density at radius 2 is 1.89 bits per heavy atom. The average Bonchev–Trinajstić information content (AvgIpc) is 3.30. The topological polar surface area (TPSA) is 115 Å². The van der Waals surface area contributed by atoms with Gasteiger partial charge in [0.1, 0.15) is 17.4 Å². The fourth-order valence-corrected chi connectivity index (χ4v) is 5.43. The Kier molecular flexibility index (Phi) is 4.89. The minimum Gasteiger partial charge on any atom is -0.382 e. The number of carbonyl (C=O) groups excluding carboxylic acids is 2. The predicted molar refractivity (Wildman–Crippen MR) is 136 cm³/mol. The van der Waals surface area contributed by atoms with Crippen LogP contribution < -0.4 is 10.6 Å². The van der Waals surface area contributed by atoms with E-state index in [4.69, 9.17) is 5.73 Å². The molecule has 2 N–H and O–H groups in total. The van der Waals surface area contributed by atoms with Crippen molar-refractivity contribution in [3.05, 3.63) is 48.9 Å². The SMILES string of the molecule is CC(=O)N1CCN(c2cccc(-c3cc(-c4ccnn4C(C)C)c4c(N)ncnn34)c2)C(=O)C12CC2. The van der Waals surface area contributed by atoms with Crippen molar-refractivity contribution in [1.29, 1.82) is 0 Å². The molecule has 36 heavy (non-hydrogen) atoms. The summed E-state index contributed by atoms with van der Waals surface area (Å²) in [7, 11) is 0. The molecule has 2 aliphatic rings. The van der Waals surface area contributed by atoms with Crippen molar-refractivity contribution >= 4 is 28.8 Å². The molecular weight excluding hydrogens is 456 g/mol. The van der Waals surface area contributed by atoms with E-state index in [0.717, 1.165) is 28.2 Å². The second-order valence-electron chi connectivity index (χ2n) is 9.81. The Balaban J connectivity index is 1.45. The lowest BCUT2D eigenvalue weighted by Crippen LogP contribution is -2.60. The third-order valence-corrected chi connectivity index (χ3v) is 7.28. The Morgan fingerprint density at radius 1 is 1.08 bits per heavy atom. The molecule has 6 rings (SSSR count). The first kappa shape index (κ1) is 22.3. The van der Waals surface area contributed by atoms with E-state index in [9.17, 15) is 9.59 Å². The first-order valence-electron chi connectivity index (χ1n) is 12.2. The molecule has 1 spiro atoms. The van der Waals surface area contributed by atoms with Gasteiger partial charge in [0, 0.05) is 49.1 Å². The van der Waals surface area contributed by atoms with Crippen LogP contribution in [0.15, 0.2) is 48.9 Å². The van der Waals surface area contributed by atoms with E-state index in [1.165, 1.54) is 13.3 Å². The number of piperazine rings is 1. The standard InChI is InChI=1S/C26H28N8O2/c1-16(2)33-21(7-10-29-33)20-14-22(34-23(20)24(27)28-15-30-34)18-5-4-6-19(13-18)31-11-12-32(17(3)35)26(8-9-26)25(31)36/h4-7,10,13-16H,8-9,11-12H2,1-3H3,(H2,27,28,30). The number of rotatable bonds is 4. The number of nitrogens with two attached hydrogens (primary N) is 1. The largest absolute Gasteiger partial charge is 0.382 e. The minimum absolute atomic E-state index is 0.00536. The zero-order valence-corrected chi connectivity index (χ0v) is 20.5. The Hall–Kier alpha value is -4.21. The molecule has 184 valence electrons. The number of hydrogen-bond acceptors (Lipinski definition) is 6. The van der Waals surface area contributed by atoms with Crippen LogP contribution in [0, 0.1) is 0 Å². The number of hydrogen-bond donors (Lipinski definition) is 1. The van der Waals surface area contributed by atoms with Gasteiger partial charge >= 0.3 is 0 Å². The van der Waals surface area contributed by atoms with Crippen molar-refractivity contribution in [2.75, 3.05) is 23.7 Å². The summed E-state index contributed by atoms with van der Waals surface area (Å²) >= 11 is 0. The summed E-state index contributed by atoms with van der Waals surface area (Å²) in [5.41, 5.74) is 10.7. The lowest BCUT2D eigenvalue weighted by molar-refractivity contribution is -0.141. The van der Waals surface area contributed by atoms with Crippen molar-refractivity contribution in [2.45, 2.75) is 45.2 Å². The lowest BCUT2D eigenvalue weighted by atomic mass is 10.1. The average molecular weight is 485 g/mol. The number of amides is 2. The van der Waals surface area contributed by atoms with Crippen molar-refractivity contribution in [3.63, 3.8) is 0 Å². The highest BCUT2D eigenvalue weighted by atomic mass is 16.2. The Bertz CT molecular complexity index is 1510. The maximum atomic E-state index is 13.5. The zero-order chi connectivity index (χ0) is 25.2. The third kappa shape index (κ3) is 3.20. The van der Waals surface area contributed by atoms with Crippen molar-refractivity contribution in [2.24, 2.45) is 0 Å². The van der Waals surface area contributed by atoms with Gasteiger partial charge in [0.05, 0.1) is 11.4 Å². The number of nitrogens with zero attached hydrogens (tertiary/aromatic N) is 7. The van der Waals surface area contributed by atoms with Gasteiger partial charge in [-0.25, -0.2) is 9.50 Å². The molecule has 1 saturated carbocycles. The van der Waals surface area contributed by atoms with Crippen molar-refractivity contribution < 1.29 is 9.59 Å². The minimum atomic E-state index is -0.675. The number of nitrogen functional groups attached to an aromatic ring is 1. The number of benzene rings is 1. The molecule has 4 aromatic rings. The van der Waals surface area contributed by atoms with Gasteiger partial charge in [0.25, 0.3) is 5.91 Å². The fourth-order valence-electron chi connectivity index (χ4n) is 5.43. The van der Waals surface area contributed by atoms with Gasteiger partial charge in [-0.2, -0.15) is 10.2 Å². The van der Waals surface area contributed by atoms with Gasteiger partial charge in [-0.3, -0.25) is 14.3 Å². The molecule has 1 aromatic carbocycles. The third-order valence-electron chi connectivity index (χ3n) is 7.28. The predicted octanol–water partition coefficient (Wildman–Crippen LogP) is 3.15. The highest BCUT2D eigenvalue weighted by Gasteiger charge is 2.59. The zero-order valence-electron chi connectivity index (χ0n) is 20.5. The molecule has 1 aliphatic carbocycles. The van der Waals surface area contributed by atoms with Crippen LogP contribution in [0.25, 0.3) is 28.0 Å². The van der Waals surface area contributed by atoms with Crippen LogP contribution in [-0.4, -0.2) is 59.7 Å². The van der Waals surface area contributed by atoms with E-state index in [-0.39, 0.29) is 17.9 Å². The highest BCUT2D eigenvalue weighted by Crippen LogP contribution is 2.46. The van der Waals surface area contributed by atoms with Crippen LogP contribution in [-0.2, 0) is 9.59 Å². The maximum absolute atomic E-state index is 13.5. The summed E-state index contributed by atoms with van der Waals surface area (Å²) in [5, 5.41) is 9.00.